The number of carbonyl (C=O) groups excluding carboxylic acids is 1. The molecule has 0 saturated carbocycles. The molecule has 2 N–H and O–H groups in total. The third kappa shape index (κ3) is 3.44. The van der Waals surface area contributed by atoms with E-state index < -0.39 is 5.54 Å². The number of hydrogen-bond donors (Lipinski definition) is 2. The Kier molecular flexibility index (Phi) is 5.52. The normalized spacial score (nSPS) is 24.1. The maximum absolute atomic E-state index is 13.4. The number of aromatic amines is 1. The first kappa shape index (κ1) is 24.3. The minimum Gasteiger partial charge on any atom is -0.374 e. The molecule has 4 aromatic heterocycles. The fourth-order valence-corrected chi connectivity index (χ4v) is 8.48. The monoisotopic (exact) mass is 532 g/mol. The lowest BCUT2D eigenvalue weighted by molar-refractivity contribution is -0.140. The summed E-state index contributed by atoms with van der Waals surface area (Å²) in [6, 6.07) is 0. The number of carbonyl (C=O) groups is 1. The van der Waals surface area contributed by atoms with Gasteiger partial charge in [0.15, 0.2) is 5.65 Å². The average Bonchev–Trinajstić information content (AvgIpc) is 3.73. The molecule has 2 atom stereocenters. The Morgan fingerprint density at radius 3 is 2.63 bits per heavy atom. The third-order valence-electron chi connectivity index (χ3n) is 9.31. The van der Waals surface area contributed by atoms with Crippen molar-refractivity contribution in [2.24, 2.45) is 0 Å². The number of nitrogens with zero attached hydrogens (tertiary/aromatic N) is 4. The van der Waals surface area contributed by atoms with E-state index in [9.17, 15) is 4.79 Å². The van der Waals surface area contributed by atoms with Gasteiger partial charge >= 0.3 is 0 Å². The minimum atomic E-state index is -0.472. The second-order valence-corrected chi connectivity index (χ2v) is 12.9. The van der Waals surface area contributed by atoms with E-state index >= 15 is 0 Å². The molecule has 7 rings (SSSR count). The summed E-state index contributed by atoms with van der Waals surface area (Å²) in [6.07, 6.45) is 6.80. The highest BCUT2D eigenvalue weighted by Crippen LogP contribution is 2.46. The van der Waals surface area contributed by atoms with Crippen molar-refractivity contribution in [3.05, 3.63) is 39.7 Å². The largest absolute Gasteiger partial charge is 0.374 e. The fourth-order valence-electron chi connectivity index (χ4n) is 7.08. The van der Waals surface area contributed by atoms with Crippen molar-refractivity contribution in [3.8, 4) is 11.3 Å². The molecule has 3 saturated heterocycles. The Morgan fingerprint density at radius 1 is 1.18 bits per heavy atom. The summed E-state index contributed by atoms with van der Waals surface area (Å²) in [7, 11) is 0. The number of rotatable bonds is 4. The summed E-state index contributed by atoms with van der Waals surface area (Å²) in [4.78, 5) is 26.5. The fraction of sp³-hybridized carbons (Fsp3) is 0.552. The van der Waals surface area contributed by atoms with E-state index in [1.165, 1.54) is 48.6 Å². The summed E-state index contributed by atoms with van der Waals surface area (Å²) in [5, 5.41) is 9.27. The molecular weight excluding hydrogens is 496 g/mol. The van der Waals surface area contributed by atoms with Crippen molar-refractivity contribution >= 4 is 33.1 Å². The molecule has 7 heterocycles. The van der Waals surface area contributed by atoms with Crippen LogP contribution in [0.25, 0.3) is 27.1 Å². The van der Waals surface area contributed by atoms with E-state index in [1.807, 2.05) is 15.9 Å². The first-order chi connectivity index (χ1) is 18.3. The highest BCUT2D eigenvalue weighted by atomic mass is 32.1. The molecule has 3 aliphatic heterocycles. The molecule has 3 aliphatic rings. The molecule has 200 valence electrons. The summed E-state index contributed by atoms with van der Waals surface area (Å²) in [5.74, 6) is 1.11. The molecule has 38 heavy (non-hydrogen) atoms. The lowest BCUT2D eigenvalue weighted by atomic mass is 9.89. The van der Waals surface area contributed by atoms with Crippen molar-refractivity contribution in [1.82, 2.24) is 29.8 Å². The van der Waals surface area contributed by atoms with E-state index in [0.717, 1.165) is 44.5 Å². The van der Waals surface area contributed by atoms with E-state index in [1.54, 1.807) is 6.33 Å². The molecule has 9 heteroatoms. The van der Waals surface area contributed by atoms with E-state index in [-0.39, 0.29) is 12.0 Å². The molecule has 1 amide bonds. The van der Waals surface area contributed by atoms with Crippen LogP contribution in [0.1, 0.15) is 72.1 Å². The van der Waals surface area contributed by atoms with Crippen molar-refractivity contribution in [1.29, 1.82) is 0 Å². The highest BCUT2D eigenvalue weighted by molar-refractivity contribution is 7.19. The molecule has 0 aromatic carbocycles. The number of ether oxygens (including phenoxy) is 1. The standard InChI is InChI=1S/C29H36N6O2S/c1-15(2)22-23-18(5)25(19-6-8-34(9-7-19)28(36)29-10-20(11-31-29)37-13-29)38-27(23)33-24(22)21-12-35-26(30-14-32-35)17(4)16(21)3/h12,14-15,19-20,31,33H,6-11,13H2,1-5H3. The van der Waals surface area contributed by atoms with Crippen LogP contribution in [-0.4, -0.2) is 68.3 Å². The SMILES string of the molecule is Cc1c(-c2[nH]c3sc(C4CCN(C(=O)C56COC(CN5)C6)CC4)c(C)c3c2C(C)C)cn2ncnc2c1C. The van der Waals surface area contributed by atoms with E-state index in [2.05, 4.69) is 66.1 Å². The first-order valence-electron chi connectivity index (χ1n) is 13.9. The van der Waals surface area contributed by atoms with Gasteiger partial charge in [-0.3, -0.25) is 10.1 Å². The number of pyridine rings is 1. The van der Waals surface area contributed by atoms with Gasteiger partial charge < -0.3 is 14.6 Å². The van der Waals surface area contributed by atoms with Crippen LogP contribution in [0, 0.1) is 20.8 Å². The Labute approximate surface area is 226 Å². The molecule has 4 aromatic rings. The molecule has 2 bridgehead atoms. The number of aryl methyl sites for hydroxylation is 2. The number of aromatic nitrogens is 4. The lowest BCUT2D eigenvalue weighted by Crippen LogP contribution is -2.58. The van der Waals surface area contributed by atoms with Crippen LogP contribution in [-0.2, 0) is 9.53 Å². The van der Waals surface area contributed by atoms with Gasteiger partial charge in [0.05, 0.1) is 18.4 Å². The van der Waals surface area contributed by atoms with E-state index in [4.69, 9.17) is 4.74 Å². The number of likely N-dealkylation sites (tertiary alicyclic amines) is 1. The predicted molar refractivity (Wildman–Crippen MR) is 150 cm³/mol. The third-order valence-corrected chi connectivity index (χ3v) is 10.7. The summed E-state index contributed by atoms with van der Waals surface area (Å²) < 4.78 is 7.67. The molecule has 0 radical (unpaired) electrons. The number of piperidine rings is 1. The van der Waals surface area contributed by atoms with Gasteiger partial charge in [-0.05, 0) is 67.7 Å². The maximum Gasteiger partial charge on any atom is 0.245 e. The van der Waals surface area contributed by atoms with Crippen LogP contribution in [0.4, 0.5) is 0 Å². The van der Waals surface area contributed by atoms with E-state index in [0.29, 0.717) is 18.4 Å². The van der Waals surface area contributed by atoms with Gasteiger partial charge in [0.1, 0.15) is 16.7 Å². The van der Waals surface area contributed by atoms with Crippen LogP contribution in [0.5, 0.6) is 0 Å². The Morgan fingerprint density at radius 2 is 1.97 bits per heavy atom. The maximum atomic E-state index is 13.4. The van der Waals surface area contributed by atoms with Crippen molar-refractivity contribution in [3.63, 3.8) is 0 Å². The Bertz CT molecular complexity index is 1560. The molecule has 2 unspecified atom stereocenters. The molecule has 0 aliphatic carbocycles. The van der Waals surface area contributed by atoms with Gasteiger partial charge in [-0.25, -0.2) is 9.50 Å². The zero-order valence-electron chi connectivity index (χ0n) is 22.9. The number of thiophene rings is 1. The summed E-state index contributed by atoms with van der Waals surface area (Å²) in [5.41, 5.74) is 8.04. The second-order valence-electron chi connectivity index (χ2n) is 11.9. The van der Waals surface area contributed by atoms with Crippen LogP contribution in [0.2, 0.25) is 0 Å². The molecular formula is C29H36N6O2S. The van der Waals surface area contributed by atoms with Crippen molar-refractivity contribution < 1.29 is 9.53 Å². The number of hydrogen-bond acceptors (Lipinski definition) is 6. The second kappa shape index (κ2) is 8.63. The quantitative estimate of drug-likeness (QED) is 0.393. The van der Waals surface area contributed by atoms with Crippen LogP contribution in [0.15, 0.2) is 12.5 Å². The number of morpholine rings is 1. The van der Waals surface area contributed by atoms with Gasteiger partial charge in [-0.1, -0.05) is 13.8 Å². The van der Waals surface area contributed by atoms with Gasteiger partial charge in [-0.15, -0.1) is 11.3 Å². The van der Waals surface area contributed by atoms with Gasteiger partial charge in [0.25, 0.3) is 0 Å². The lowest BCUT2D eigenvalue weighted by Gasteiger charge is -2.37. The number of fused-ring (bicyclic) bond motifs is 4. The Hall–Kier alpha value is -2.75. The van der Waals surface area contributed by atoms with Crippen LogP contribution >= 0.6 is 11.3 Å². The summed E-state index contributed by atoms with van der Waals surface area (Å²) >= 11 is 1.91. The number of amides is 1. The zero-order chi connectivity index (χ0) is 26.3. The van der Waals surface area contributed by atoms with Gasteiger partial charge in [0.2, 0.25) is 5.91 Å². The molecule has 8 nitrogen and oxygen atoms in total. The Balaban J connectivity index is 1.20. The first-order valence-corrected chi connectivity index (χ1v) is 14.7. The molecule has 0 spiro atoms. The summed E-state index contributed by atoms with van der Waals surface area (Å²) in [6.45, 7) is 14.2. The van der Waals surface area contributed by atoms with Crippen LogP contribution < -0.4 is 5.32 Å². The number of nitrogens with one attached hydrogen (secondary N) is 2. The van der Waals surface area contributed by atoms with Gasteiger partial charge in [-0.2, -0.15) is 5.10 Å². The van der Waals surface area contributed by atoms with Gasteiger partial charge in [0, 0.05) is 48.1 Å². The van der Waals surface area contributed by atoms with Crippen molar-refractivity contribution in [2.75, 3.05) is 26.2 Å². The highest BCUT2D eigenvalue weighted by Gasteiger charge is 2.53. The smallest absolute Gasteiger partial charge is 0.245 e. The van der Waals surface area contributed by atoms with Crippen molar-refractivity contribution in [2.45, 2.75) is 77.4 Å². The molecule has 3 fully saturated rings. The number of H-pyrrole nitrogens is 1. The zero-order valence-corrected chi connectivity index (χ0v) is 23.7. The van der Waals surface area contributed by atoms with Crippen LogP contribution in [0.3, 0.4) is 0 Å². The topological polar surface area (TPSA) is 87.5 Å². The predicted octanol–water partition coefficient (Wildman–Crippen LogP) is 4.82. The average molecular weight is 533 g/mol. The minimum absolute atomic E-state index is 0.207.